The number of terminal acetylenes is 1. The SMILES string of the molecule is C#CCNC(=O)c1cc(C2=c3cc4c5c(c3Oc3c2cc2c6c3CCCN6CCC2)CCC[N+]=5CCC4)ccc1O. The van der Waals surface area contributed by atoms with Gasteiger partial charge in [-0.1, -0.05) is 12.0 Å². The van der Waals surface area contributed by atoms with E-state index in [1.807, 2.05) is 12.1 Å². The van der Waals surface area contributed by atoms with Crippen molar-refractivity contribution in [2.45, 2.75) is 51.4 Å². The van der Waals surface area contributed by atoms with Crippen molar-refractivity contribution in [2.24, 2.45) is 0 Å². The van der Waals surface area contributed by atoms with E-state index in [1.54, 1.807) is 6.07 Å². The number of aromatic hydroxyl groups is 1. The Morgan fingerprint density at radius 3 is 2.61 bits per heavy atom. The van der Waals surface area contributed by atoms with Crippen molar-refractivity contribution in [3.05, 3.63) is 79.9 Å². The van der Waals surface area contributed by atoms with Crippen molar-refractivity contribution in [1.82, 2.24) is 9.89 Å². The lowest BCUT2D eigenvalue weighted by molar-refractivity contribution is 0.0956. The van der Waals surface area contributed by atoms with E-state index in [0.29, 0.717) is 0 Å². The number of ether oxygens (including phenoxy) is 1. The number of amides is 1. The Bertz CT molecular complexity index is 1820. The van der Waals surface area contributed by atoms with Crippen LogP contribution in [0.1, 0.15) is 69.4 Å². The van der Waals surface area contributed by atoms with Gasteiger partial charge in [0.05, 0.1) is 17.7 Å². The summed E-state index contributed by atoms with van der Waals surface area (Å²) in [7, 11) is 0. The lowest BCUT2D eigenvalue weighted by Gasteiger charge is -2.39. The smallest absolute Gasteiger partial charge is 0.255 e. The van der Waals surface area contributed by atoms with Gasteiger partial charge in [0.1, 0.15) is 30.3 Å². The Kier molecular flexibility index (Phi) is 5.63. The molecular formula is C35H34N3O3+. The molecular weight excluding hydrogens is 510 g/mol. The number of carbonyl (C=O) groups excluding carboxylic acids is 1. The second kappa shape index (κ2) is 9.41. The number of nitrogens with one attached hydrogen (secondary N) is 1. The number of anilines is 1. The van der Waals surface area contributed by atoms with Gasteiger partial charge in [-0.3, -0.25) is 4.79 Å². The lowest BCUT2D eigenvalue weighted by Crippen LogP contribution is -2.45. The average molecular weight is 545 g/mol. The van der Waals surface area contributed by atoms with Gasteiger partial charge in [-0.25, -0.2) is 4.58 Å². The molecule has 0 spiro atoms. The third-order valence-corrected chi connectivity index (χ3v) is 9.57. The van der Waals surface area contributed by atoms with Crippen molar-refractivity contribution < 1.29 is 14.6 Å². The van der Waals surface area contributed by atoms with Crippen molar-refractivity contribution in [3.8, 4) is 29.6 Å². The first-order valence-corrected chi connectivity index (χ1v) is 15.1. The number of phenols is 1. The van der Waals surface area contributed by atoms with Crippen LogP contribution in [0.25, 0.3) is 5.57 Å². The molecule has 0 aromatic heterocycles. The van der Waals surface area contributed by atoms with E-state index in [-0.39, 0.29) is 23.8 Å². The molecule has 0 saturated carbocycles. The van der Waals surface area contributed by atoms with E-state index < -0.39 is 0 Å². The predicted octanol–water partition coefficient (Wildman–Crippen LogP) is 3.19. The summed E-state index contributed by atoms with van der Waals surface area (Å²) in [6.45, 7) is 4.53. The Labute approximate surface area is 240 Å². The molecule has 0 saturated heterocycles. The molecule has 0 atom stereocenters. The second-order valence-corrected chi connectivity index (χ2v) is 12.0. The van der Waals surface area contributed by atoms with E-state index in [0.717, 1.165) is 111 Å². The molecule has 41 heavy (non-hydrogen) atoms. The van der Waals surface area contributed by atoms with Gasteiger partial charge in [-0.05, 0) is 73.9 Å². The van der Waals surface area contributed by atoms with Crippen LogP contribution < -0.4 is 30.1 Å². The minimum absolute atomic E-state index is 0.0521. The molecule has 2 N–H and O–H groups in total. The van der Waals surface area contributed by atoms with Gasteiger partial charge < -0.3 is 20.1 Å². The van der Waals surface area contributed by atoms with Crippen molar-refractivity contribution in [3.63, 3.8) is 0 Å². The highest BCUT2D eigenvalue weighted by molar-refractivity contribution is 5.99. The highest BCUT2D eigenvalue weighted by Gasteiger charge is 2.35. The summed E-state index contributed by atoms with van der Waals surface area (Å²) in [5.41, 5.74) is 10.2. The Balaban J connectivity index is 1.46. The predicted molar refractivity (Wildman–Crippen MR) is 160 cm³/mol. The average Bonchev–Trinajstić information content (AvgIpc) is 3.00. The zero-order chi connectivity index (χ0) is 27.7. The molecule has 0 aliphatic carbocycles. The maximum Gasteiger partial charge on any atom is 0.255 e. The van der Waals surface area contributed by atoms with Gasteiger partial charge in [-0.15, -0.1) is 6.42 Å². The fourth-order valence-corrected chi connectivity index (χ4v) is 7.92. The van der Waals surface area contributed by atoms with Crippen molar-refractivity contribution in [2.75, 3.05) is 37.6 Å². The molecule has 3 aromatic carbocycles. The highest BCUT2D eigenvalue weighted by atomic mass is 16.5. The van der Waals surface area contributed by atoms with E-state index in [2.05, 4.69) is 32.8 Å². The van der Waals surface area contributed by atoms with Gasteiger partial charge in [0.2, 0.25) is 5.36 Å². The first-order chi connectivity index (χ1) is 20.1. The van der Waals surface area contributed by atoms with Crippen molar-refractivity contribution >= 4 is 17.2 Å². The fraction of sp³-hybridized carbons (Fsp3) is 0.371. The molecule has 3 aromatic rings. The number of nitrogens with zero attached hydrogens (tertiary/aromatic N) is 2. The summed E-state index contributed by atoms with van der Waals surface area (Å²) in [5, 5.41) is 15.9. The van der Waals surface area contributed by atoms with Gasteiger partial charge in [0.15, 0.2) is 0 Å². The number of phenolic OH excluding ortho intramolecular Hbond substituents is 1. The standard InChI is InChI=1S/C35H33N3O3/c1-2-13-36-35(40)26-18-21(11-12-29(26)39)30-27-19-22-7-3-14-37-16-5-9-24(31(22)37)33(27)41-34-25-10-6-17-38-15-4-8-23(32(25)38)20-28(30)34/h1,11-12,18-20H,3-10,13-17H2,(H,36,40)/p+1. The Morgan fingerprint density at radius 1 is 0.976 bits per heavy atom. The number of benzene rings is 3. The van der Waals surface area contributed by atoms with Crippen LogP contribution in [0.4, 0.5) is 5.69 Å². The van der Waals surface area contributed by atoms with Gasteiger partial charge in [-0.2, -0.15) is 0 Å². The summed E-state index contributed by atoms with van der Waals surface area (Å²) >= 11 is 0. The number of fused-ring (bicyclic) bond motifs is 4. The molecule has 0 radical (unpaired) electrons. The normalized spacial score (nSPS) is 17.9. The van der Waals surface area contributed by atoms with Crippen LogP contribution in [-0.4, -0.2) is 43.7 Å². The number of rotatable bonds is 3. The van der Waals surface area contributed by atoms with Crippen LogP contribution in [0.15, 0.2) is 30.3 Å². The minimum atomic E-state index is -0.372. The quantitative estimate of drug-likeness (QED) is 0.307. The second-order valence-electron chi connectivity index (χ2n) is 12.0. The van der Waals surface area contributed by atoms with Gasteiger partial charge >= 0.3 is 0 Å². The van der Waals surface area contributed by atoms with E-state index in [9.17, 15) is 9.90 Å². The summed E-state index contributed by atoms with van der Waals surface area (Å²) in [6, 6.07) is 10.1. The lowest BCUT2D eigenvalue weighted by atomic mass is 9.82. The van der Waals surface area contributed by atoms with Gasteiger partial charge in [0.25, 0.3) is 5.91 Å². The molecule has 5 aliphatic rings. The Morgan fingerprint density at radius 2 is 1.76 bits per heavy atom. The third-order valence-electron chi connectivity index (χ3n) is 9.57. The molecule has 8 rings (SSSR count). The van der Waals surface area contributed by atoms with Crippen LogP contribution >= 0.6 is 0 Å². The summed E-state index contributed by atoms with van der Waals surface area (Å²) in [4.78, 5) is 15.6. The number of hydrogen-bond donors (Lipinski definition) is 2. The largest absolute Gasteiger partial charge is 0.507 e. The number of carbonyl (C=O) groups is 1. The van der Waals surface area contributed by atoms with E-state index >= 15 is 0 Å². The van der Waals surface area contributed by atoms with E-state index in [1.165, 1.54) is 33.3 Å². The Hall–Kier alpha value is -4.24. The van der Waals surface area contributed by atoms with Crippen LogP contribution in [0.3, 0.4) is 0 Å². The maximum absolute atomic E-state index is 13.0. The number of aryl methyl sites for hydroxylation is 2. The molecule has 5 heterocycles. The molecule has 5 aliphatic heterocycles. The maximum atomic E-state index is 13.0. The third kappa shape index (κ3) is 3.71. The van der Waals surface area contributed by atoms with Crippen LogP contribution in [0.2, 0.25) is 0 Å². The molecule has 0 bridgehead atoms. The topological polar surface area (TPSA) is 64.8 Å². The van der Waals surface area contributed by atoms with Crippen molar-refractivity contribution in [1.29, 1.82) is 0 Å². The zero-order valence-corrected chi connectivity index (χ0v) is 23.3. The first-order valence-electron chi connectivity index (χ1n) is 15.1. The summed E-state index contributed by atoms with van der Waals surface area (Å²) in [5.74, 6) is 3.99. The molecule has 1 amide bonds. The molecule has 6 heteroatoms. The number of hydrogen-bond acceptors (Lipinski definition) is 4. The minimum Gasteiger partial charge on any atom is -0.507 e. The molecule has 6 nitrogen and oxygen atoms in total. The monoisotopic (exact) mass is 544 g/mol. The zero-order valence-electron chi connectivity index (χ0n) is 23.3. The molecule has 206 valence electrons. The van der Waals surface area contributed by atoms with Crippen LogP contribution in [-0.2, 0) is 25.7 Å². The molecule has 0 unspecified atom stereocenters. The summed E-state index contributed by atoms with van der Waals surface area (Å²) < 4.78 is 9.66. The molecule has 0 fully saturated rings. The first kappa shape index (κ1) is 24.5. The summed E-state index contributed by atoms with van der Waals surface area (Å²) in [6.07, 6.45) is 14.1. The fourth-order valence-electron chi connectivity index (χ4n) is 7.92. The van der Waals surface area contributed by atoms with Crippen LogP contribution in [0.5, 0.6) is 17.2 Å². The van der Waals surface area contributed by atoms with E-state index in [4.69, 9.17) is 11.2 Å². The van der Waals surface area contributed by atoms with Gasteiger partial charge in [0, 0.05) is 59.1 Å². The highest BCUT2D eigenvalue weighted by Crippen LogP contribution is 2.48. The van der Waals surface area contributed by atoms with Crippen LogP contribution in [0, 0.1) is 12.3 Å².